The summed E-state index contributed by atoms with van der Waals surface area (Å²) in [6, 6.07) is 1.75. The molecule has 100 valence electrons. The second-order valence-corrected chi connectivity index (χ2v) is 4.98. The zero-order valence-corrected chi connectivity index (χ0v) is 11.1. The number of hydrogen-bond acceptors (Lipinski definition) is 3. The molecule has 5 nitrogen and oxygen atoms in total. The average molecular weight is 251 g/mol. The lowest BCUT2D eigenvalue weighted by atomic mass is 10.1. The molecule has 1 aliphatic rings. The highest BCUT2D eigenvalue weighted by molar-refractivity contribution is 5.92. The van der Waals surface area contributed by atoms with Gasteiger partial charge in [-0.1, -0.05) is 12.8 Å². The second-order valence-electron chi connectivity index (χ2n) is 4.98. The van der Waals surface area contributed by atoms with Gasteiger partial charge in [0.1, 0.15) is 0 Å². The van der Waals surface area contributed by atoms with E-state index in [2.05, 4.69) is 5.10 Å². The van der Waals surface area contributed by atoms with Gasteiger partial charge in [-0.2, -0.15) is 5.10 Å². The molecule has 1 aromatic rings. The highest BCUT2D eigenvalue weighted by Crippen LogP contribution is 2.19. The summed E-state index contributed by atoms with van der Waals surface area (Å²) in [5, 5.41) is 13.7. The normalized spacial score (nSPS) is 20.8. The maximum absolute atomic E-state index is 12.4. The molecule has 1 saturated heterocycles. The highest BCUT2D eigenvalue weighted by atomic mass is 16.3. The maximum atomic E-state index is 12.4. The number of carbonyl (C=O) groups excluding carboxylic acids is 1. The number of hydrogen-bond donors (Lipinski definition) is 1. The summed E-state index contributed by atoms with van der Waals surface area (Å²) in [6.45, 7) is 2.69. The fourth-order valence-electron chi connectivity index (χ4n) is 2.45. The van der Waals surface area contributed by atoms with E-state index in [0.717, 1.165) is 37.9 Å². The van der Waals surface area contributed by atoms with Crippen molar-refractivity contribution >= 4 is 5.91 Å². The number of aliphatic hydroxyl groups is 1. The average Bonchev–Trinajstić information content (AvgIpc) is 2.58. The van der Waals surface area contributed by atoms with Crippen molar-refractivity contribution in [3.05, 3.63) is 17.5 Å². The minimum absolute atomic E-state index is 0.0392. The zero-order chi connectivity index (χ0) is 13.1. The van der Waals surface area contributed by atoms with Crippen molar-refractivity contribution in [2.75, 3.05) is 13.2 Å². The first-order valence-corrected chi connectivity index (χ1v) is 6.56. The van der Waals surface area contributed by atoms with Crippen LogP contribution >= 0.6 is 0 Å². The quantitative estimate of drug-likeness (QED) is 0.856. The van der Waals surface area contributed by atoms with Crippen LogP contribution in [0.2, 0.25) is 0 Å². The number of carbonyl (C=O) groups is 1. The third-order valence-corrected chi connectivity index (χ3v) is 3.68. The molecule has 1 amide bonds. The smallest absolute Gasteiger partial charge is 0.274 e. The molecular weight excluding hydrogens is 230 g/mol. The van der Waals surface area contributed by atoms with Gasteiger partial charge < -0.3 is 10.0 Å². The van der Waals surface area contributed by atoms with E-state index in [9.17, 15) is 9.90 Å². The number of rotatable bonds is 2. The molecule has 0 aliphatic carbocycles. The summed E-state index contributed by atoms with van der Waals surface area (Å²) in [7, 11) is 1.83. The Bertz CT molecular complexity index is 408. The van der Waals surface area contributed by atoms with Gasteiger partial charge in [0.25, 0.3) is 5.91 Å². The van der Waals surface area contributed by atoms with Crippen LogP contribution in [0, 0.1) is 6.92 Å². The summed E-state index contributed by atoms with van der Waals surface area (Å²) in [5.74, 6) is -0.0559. The summed E-state index contributed by atoms with van der Waals surface area (Å²) < 4.78 is 1.71. The molecule has 1 N–H and O–H groups in total. The van der Waals surface area contributed by atoms with E-state index < -0.39 is 0 Å². The van der Waals surface area contributed by atoms with E-state index in [4.69, 9.17) is 0 Å². The molecule has 5 heteroatoms. The van der Waals surface area contributed by atoms with Crippen molar-refractivity contribution in [2.45, 2.75) is 38.6 Å². The first-order valence-electron chi connectivity index (χ1n) is 6.56. The fourth-order valence-corrected chi connectivity index (χ4v) is 2.45. The van der Waals surface area contributed by atoms with Crippen LogP contribution in [-0.2, 0) is 7.05 Å². The van der Waals surface area contributed by atoms with Crippen molar-refractivity contribution in [1.82, 2.24) is 14.7 Å². The maximum Gasteiger partial charge on any atom is 0.274 e. The number of aliphatic hydroxyl groups excluding tert-OH is 1. The molecule has 1 aliphatic heterocycles. The molecule has 2 heterocycles. The molecule has 2 rings (SSSR count). The molecule has 1 atom stereocenters. The topological polar surface area (TPSA) is 58.4 Å². The van der Waals surface area contributed by atoms with Gasteiger partial charge >= 0.3 is 0 Å². The van der Waals surface area contributed by atoms with Crippen LogP contribution in [0.4, 0.5) is 0 Å². The van der Waals surface area contributed by atoms with Gasteiger partial charge in [0, 0.05) is 19.3 Å². The standard InChI is InChI=1S/C13H21N3O2/c1-10-8-12(14-15(10)2)13(18)16-7-5-3-4-6-11(16)9-17/h8,11,17H,3-7,9H2,1-2H3. The number of likely N-dealkylation sites (tertiary alicyclic amines) is 1. The minimum Gasteiger partial charge on any atom is -0.394 e. The van der Waals surface area contributed by atoms with Gasteiger partial charge in [-0.3, -0.25) is 9.48 Å². The highest BCUT2D eigenvalue weighted by Gasteiger charge is 2.27. The van der Waals surface area contributed by atoms with Crippen molar-refractivity contribution in [3.63, 3.8) is 0 Å². The third kappa shape index (κ3) is 2.56. The molecule has 0 aromatic carbocycles. The fraction of sp³-hybridized carbons (Fsp3) is 0.692. The SMILES string of the molecule is Cc1cc(C(=O)N2CCCCCC2CO)nn1C. The number of aryl methyl sites for hydroxylation is 2. The number of amides is 1. The third-order valence-electron chi connectivity index (χ3n) is 3.68. The Morgan fingerprint density at radius 1 is 1.50 bits per heavy atom. The lowest BCUT2D eigenvalue weighted by molar-refractivity contribution is 0.0593. The lowest BCUT2D eigenvalue weighted by Crippen LogP contribution is -2.42. The Hall–Kier alpha value is -1.36. The van der Waals surface area contributed by atoms with Gasteiger partial charge in [0.2, 0.25) is 0 Å². The Morgan fingerprint density at radius 3 is 2.89 bits per heavy atom. The predicted octanol–water partition coefficient (Wildman–Crippen LogP) is 1.11. The summed E-state index contributed by atoms with van der Waals surface area (Å²) in [6.07, 6.45) is 4.10. The summed E-state index contributed by atoms with van der Waals surface area (Å²) >= 11 is 0. The van der Waals surface area contributed by atoms with E-state index in [-0.39, 0.29) is 18.6 Å². The van der Waals surface area contributed by atoms with Gasteiger partial charge in [-0.15, -0.1) is 0 Å². The zero-order valence-electron chi connectivity index (χ0n) is 11.1. The monoisotopic (exact) mass is 251 g/mol. The first-order chi connectivity index (χ1) is 8.63. The molecular formula is C13H21N3O2. The van der Waals surface area contributed by atoms with E-state index >= 15 is 0 Å². The summed E-state index contributed by atoms with van der Waals surface area (Å²) in [5.41, 5.74) is 1.45. The van der Waals surface area contributed by atoms with Gasteiger partial charge in [0.15, 0.2) is 5.69 Å². The molecule has 0 spiro atoms. The van der Waals surface area contributed by atoms with Crippen molar-refractivity contribution in [2.24, 2.45) is 7.05 Å². The van der Waals surface area contributed by atoms with Crippen LogP contribution in [0.1, 0.15) is 41.9 Å². The van der Waals surface area contributed by atoms with E-state index in [1.54, 1.807) is 9.58 Å². The predicted molar refractivity (Wildman–Crippen MR) is 68.3 cm³/mol. The molecule has 18 heavy (non-hydrogen) atoms. The largest absolute Gasteiger partial charge is 0.394 e. The van der Waals surface area contributed by atoms with Crippen LogP contribution in [0.3, 0.4) is 0 Å². The van der Waals surface area contributed by atoms with Crippen LogP contribution in [0.5, 0.6) is 0 Å². The number of aromatic nitrogens is 2. The van der Waals surface area contributed by atoms with E-state index in [0.29, 0.717) is 5.69 Å². The van der Waals surface area contributed by atoms with Crippen molar-refractivity contribution < 1.29 is 9.90 Å². The molecule has 0 radical (unpaired) electrons. The second kappa shape index (κ2) is 5.52. The van der Waals surface area contributed by atoms with Crippen molar-refractivity contribution in [3.8, 4) is 0 Å². The Morgan fingerprint density at radius 2 is 2.28 bits per heavy atom. The van der Waals surface area contributed by atoms with E-state index in [1.165, 1.54) is 0 Å². The van der Waals surface area contributed by atoms with Crippen molar-refractivity contribution in [1.29, 1.82) is 0 Å². The van der Waals surface area contributed by atoms with Gasteiger partial charge in [-0.05, 0) is 25.8 Å². The lowest BCUT2D eigenvalue weighted by Gasteiger charge is -2.27. The molecule has 1 aromatic heterocycles. The number of nitrogens with zero attached hydrogens (tertiary/aromatic N) is 3. The van der Waals surface area contributed by atoms with Crippen LogP contribution in [0.15, 0.2) is 6.07 Å². The van der Waals surface area contributed by atoms with E-state index in [1.807, 2.05) is 20.0 Å². The Kier molecular flexibility index (Phi) is 4.01. The van der Waals surface area contributed by atoms with Gasteiger partial charge in [0.05, 0.1) is 12.6 Å². The Labute approximate surface area is 107 Å². The van der Waals surface area contributed by atoms with Crippen LogP contribution in [0.25, 0.3) is 0 Å². The minimum atomic E-state index is -0.0559. The van der Waals surface area contributed by atoms with Gasteiger partial charge in [-0.25, -0.2) is 0 Å². The Balaban J connectivity index is 2.19. The molecule has 1 fully saturated rings. The summed E-state index contributed by atoms with van der Waals surface area (Å²) in [4.78, 5) is 14.2. The van der Waals surface area contributed by atoms with Crippen LogP contribution in [-0.4, -0.2) is 44.9 Å². The first kappa shape index (κ1) is 13.1. The molecule has 0 saturated carbocycles. The van der Waals surface area contributed by atoms with Crippen LogP contribution < -0.4 is 0 Å². The molecule has 0 bridgehead atoms. The molecule has 1 unspecified atom stereocenters.